The van der Waals surface area contributed by atoms with Gasteiger partial charge in [-0.2, -0.15) is 0 Å². The molecule has 0 radical (unpaired) electrons. The second-order valence-corrected chi connectivity index (χ2v) is 18.3. The van der Waals surface area contributed by atoms with Gasteiger partial charge in [-0.05, 0) is 70.6 Å². The number of aromatic nitrogens is 1. The number of benzene rings is 1. The third-order valence-electron chi connectivity index (χ3n) is 12.7. The molecule has 1 aromatic carbocycles. The van der Waals surface area contributed by atoms with Crippen molar-refractivity contribution in [1.82, 2.24) is 19.7 Å². The zero-order valence-electron chi connectivity index (χ0n) is 40.9. The number of carbonyl (C=O) groups excluding carboxylic acids is 5. The Balaban J connectivity index is 0.000000418. The fraction of sp³-hybridized carbons (Fsp3) is 0.667. The van der Waals surface area contributed by atoms with Crippen LogP contribution in [-0.2, 0) is 33.3 Å². The van der Waals surface area contributed by atoms with Crippen molar-refractivity contribution in [3.63, 3.8) is 0 Å². The maximum absolute atomic E-state index is 13.5. The third-order valence-corrected chi connectivity index (χ3v) is 13.3. The number of morpholine rings is 1. The number of Topliss-reactive ketones (excluding diaryl/α,β-unsaturated/α-hetero) is 1. The summed E-state index contributed by atoms with van der Waals surface area (Å²) in [6.45, 7) is 14.2. The van der Waals surface area contributed by atoms with Crippen molar-refractivity contribution in [2.24, 2.45) is 11.8 Å². The number of hydrogen-bond acceptors (Lipinski definition) is 14. The number of pyridine rings is 1. The van der Waals surface area contributed by atoms with Gasteiger partial charge in [0.15, 0.2) is 23.9 Å². The lowest BCUT2D eigenvalue weighted by molar-refractivity contribution is -0.171. The number of carbonyl (C=O) groups is 5. The number of amides is 4. The minimum Gasteiger partial charge on any atom is -0.493 e. The van der Waals surface area contributed by atoms with E-state index in [4.69, 9.17) is 56.4 Å². The summed E-state index contributed by atoms with van der Waals surface area (Å²) in [7, 11) is 4.91. The minimum atomic E-state index is -0.803. The van der Waals surface area contributed by atoms with Crippen molar-refractivity contribution in [2.45, 2.75) is 129 Å². The molecule has 4 aliphatic heterocycles. The lowest BCUT2D eigenvalue weighted by Gasteiger charge is -2.39. The van der Waals surface area contributed by atoms with Gasteiger partial charge in [0.05, 0.1) is 66.3 Å². The molecule has 2 N–H and O–H groups in total. The molecule has 20 heteroatoms. The number of halogens is 2. The molecule has 1 aromatic heterocycles. The van der Waals surface area contributed by atoms with E-state index in [1.807, 2.05) is 34.6 Å². The number of aliphatic hydroxyl groups excluding tert-OH is 1. The lowest BCUT2D eigenvalue weighted by atomic mass is 9.85. The Morgan fingerprint density at radius 1 is 1.01 bits per heavy atom. The predicted molar refractivity (Wildman–Crippen MR) is 255 cm³/mol. The van der Waals surface area contributed by atoms with Gasteiger partial charge in [-0.25, -0.2) is 9.59 Å². The number of anilines is 1. The van der Waals surface area contributed by atoms with E-state index in [9.17, 15) is 29.1 Å². The number of cyclic esters (lactones) is 1. The Morgan fingerprint density at radius 2 is 1.71 bits per heavy atom. The van der Waals surface area contributed by atoms with Crippen LogP contribution in [0.3, 0.4) is 0 Å². The highest BCUT2D eigenvalue weighted by atomic mass is 35.5. The van der Waals surface area contributed by atoms with Crippen LogP contribution in [0.4, 0.5) is 15.3 Å². The molecule has 0 saturated carbocycles. The summed E-state index contributed by atoms with van der Waals surface area (Å²) in [6, 6.07) is 4.11. The molecule has 380 valence electrons. The first kappa shape index (κ1) is 56.1. The fourth-order valence-corrected chi connectivity index (χ4v) is 8.96. The molecule has 68 heavy (non-hydrogen) atoms. The van der Waals surface area contributed by atoms with Crippen LogP contribution in [0.25, 0.3) is 0 Å². The van der Waals surface area contributed by atoms with Crippen LogP contribution in [0, 0.1) is 11.8 Å². The first-order chi connectivity index (χ1) is 32.4. The van der Waals surface area contributed by atoms with Gasteiger partial charge in [-0.15, -0.1) is 0 Å². The molecular weight excluding hydrogens is 925 g/mol. The summed E-state index contributed by atoms with van der Waals surface area (Å²) in [5.74, 6) is -1.08. The van der Waals surface area contributed by atoms with Crippen molar-refractivity contribution in [2.75, 3.05) is 72.6 Å². The van der Waals surface area contributed by atoms with Crippen molar-refractivity contribution in [3.05, 3.63) is 46.2 Å². The molecular formula is C48H71Cl2N5O13. The van der Waals surface area contributed by atoms with Gasteiger partial charge in [0.2, 0.25) is 0 Å². The first-order valence-corrected chi connectivity index (χ1v) is 24.3. The molecule has 0 aliphatic carbocycles. The van der Waals surface area contributed by atoms with Crippen LogP contribution >= 0.6 is 23.2 Å². The summed E-state index contributed by atoms with van der Waals surface area (Å²) >= 11 is 12.3. The molecule has 4 saturated heterocycles. The number of nitrogens with zero attached hydrogens (tertiary/aromatic N) is 4. The van der Waals surface area contributed by atoms with E-state index in [0.717, 1.165) is 12.8 Å². The molecule has 5 heterocycles. The highest BCUT2D eigenvalue weighted by Gasteiger charge is 2.47. The summed E-state index contributed by atoms with van der Waals surface area (Å²) < 4.78 is 39.0. The SMILES string of the molecule is CC.COc1ccc(C(=O)Nc2c(Cl)cncc2Cl)cc1OCCCN1C(=O)OC2COC(=O)[C@H](C)CCC[C@](C)(OC)CCC(=O)[C@H](C)[C@H]21.C[C@@H]1C[C@H](N(C)C(=O)N2CCOCC2)CC(O)O1. The molecule has 4 fully saturated rings. The van der Waals surface area contributed by atoms with Crippen LogP contribution in [0.2, 0.25) is 10.0 Å². The number of rotatable bonds is 10. The Bertz CT molecular complexity index is 1960. The average molecular weight is 997 g/mol. The van der Waals surface area contributed by atoms with E-state index in [2.05, 4.69) is 10.3 Å². The molecule has 18 nitrogen and oxygen atoms in total. The van der Waals surface area contributed by atoms with E-state index in [0.29, 0.717) is 69.9 Å². The standard InChI is InChI=1S/C34H43Cl2N3O9.C12H22N2O4.C2H6/c1-20-8-6-12-34(3,45-5)13-11-25(40)21(2)30-28(19-47-32(20)42)48-33(43)39(30)14-7-15-46-27-16-22(9-10-26(27)44-4)31(41)38-29-23(35)17-37-18-24(29)36;1-9-7-10(8-11(15)18-9)13(2)12(16)14-3-5-17-6-4-14;1-2/h9-10,16-18,20-21,28,30H,6-8,11-15,19H2,1-5H3,(H,37,38,41);9-11,15H,3-8H2,1-2H3;1-2H3/t20-,21+,28?,30-,34+;9-,10+,11?;/m11./s1. The van der Waals surface area contributed by atoms with Gasteiger partial charge in [0.25, 0.3) is 5.91 Å². The topological polar surface area (TPSA) is 205 Å². The van der Waals surface area contributed by atoms with Crippen LogP contribution in [-0.4, -0.2) is 158 Å². The number of methoxy groups -OCH3 is 2. The predicted octanol–water partition coefficient (Wildman–Crippen LogP) is 7.64. The number of hydrogen-bond donors (Lipinski definition) is 2. The van der Waals surface area contributed by atoms with Gasteiger partial charge in [0, 0.05) is 76.6 Å². The van der Waals surface area contributed by atoms with Gasteiger partial charge in [-0.1, -0.05) is 50.9 Å². The first-order valence-electron chi connectivity index (χ1n) is 23.5. The lowest BCUT2D eigenvalue weighted by Crippen LogP contribution is -2.52. The number of nitrogens with one attached hydrogen (secondary N) is 1. The molecule has 2 unspecified atom stereocenters. The van der Waals surface area contributed by atoms with E-state index >= 15 is 0 Å². The highest BCUT2D eigenvalue weighted by molar-refractivity contribution is 6.39. The number of esters is 1. The summed E-state index contributed by atoms with van der Waals surface area (Å²) in [4.78, 5) is 73.6. The van der Waals surface area contributed by atoms with Gasteiger partial charge in [0.1, 0.15) is 12.4 Å². The summed E-state index contributed by atoms with van der Waals surface area (Å²) in [5.41, 5.74) is -0.0178. The highest BCUT2D eigenvalue weighted by Crippen LogP contribution is 2.34. The van der Waals surface area contributed by atoms with E-state index < -0.39 is 42.0 Å². The van der Waals surface area contributed by atoms with Crippen molar-refractivity contribution >= 4 is 58.7 Å². The van der Waals surface area contributed by atoms with Crippen LogP contribution in [0.1, 0.15) is 103 Å². The maximum Gasteiger partial charge on any atom is 0.410 e. The fourth-order valence-electron chi connectivity index (χ4n) is 8.50. The van der Waals surface area contributed by atoms with Gasteiger partial charge < -0.3 is 58.3 Å². The number of fused-ring (bicyclic) bond motifs is 1. The summed E-state index contributed by atoms with van der Waals surface area (Å²) in [5, 5.41) is 12.7. The van der Waals surface area contributed by atoms with Crippen LogP contribution in [0.5, 0.6) is 11.5 Å². The maximum atomic E-state index is 13.5. The average Bonchev–Trinajstić information content (AvgIpc) is 3.65. The minimum absolute atomic E-state index is 0.0151. The van der Waals surface area contributed by atoms with E-state index in [-0.39, 0.29) is 83.3 Å². The molecule has 0 bridgehead atoms. The zero-order chi connectivity index (χ0) is 50.1. The zero-order valence-corrected chi connectivity index (χ0v) is 42.4. The molecule has 2 aromatic rings. The molecule has 8 atom stereocenters. The van der Waals surface area contributed by atoms with Gasteiger partial charge >= 0.3 is 18.1 Å². The Hall–Kier alpha value is -4.46. The number of ketones is 1. The summed E-state index contributed by atoms with van der Waals surface area (Å²) in [6.07, 6.45) is 5.04. The third kappa shape index (κ3) is 15.5. The van der Waals surface area contributed by atoms with Crippen molar-refractivity contribution < 1.29 is 62.2 Å². The Morgan fingerprint density at radius 3 is 2.35 bits per heavy atom. The monoisotopic (exact) mass is 995 g/mol. The molecule has 6 rings (SSSR count). The van der Waals surface area contributed by atoms with E-state index in [1.54, 1.807) is 43.0 Å². The Labute approximate surface area is 410 Å². The van der Waals surface area contributed by atoms with Crippen LogP contribution in [0.15, 0.2) is 30.6 Å². The largest absolute Gasteiger partial charge is 0.493 e. The number of ether oxygens (including phenoxy) is 7. The number of aliphatic hydroxyl groups is 1. The quantitative estimate of drug-likeness (QED) is 0.173. The normalized spacial score (nSPS) is 26.8. The molecule has 4 amide bonds. The molecule has 0 spiro atoms. The second kappa shape index (κ2) is 27.1. The van der Waals surface area contributed by atoms with E-state index in [1.165, 1.54) is 30.5 Å². The van der Waals surface area contributed by atoms with Crippen molar-refractivity contribution in [3.8, 4) is 11.5 Å². The number of urea groups is 1. The smallest absolute Gasteiger partial charge is 0.410 e. The van der Waals surface area contributed by atoms with Crippen LogP contribution < -0.4 is 14.8 Å². The second-order valence-electron chi connectivity index (χ2n) is 17.5. The van der Waals surface area contributed by atoms with Gasteiger partial charge in [-0.3, -0.25) is 19.4 Å². The van der Waals surface area contributed by atoms with Crippen molar-refractivity contribution in [1.29, 1.82) is 0 Å². The Kier molecular flexibility index (Phi) is 22.3. The molecule has 4 aliphatic rings.